The highest BCUT2D eigenvalue weighted by Gasteiger charge is 2.49. The van der Waals surface area contributed by atoms with Crippen LogP contribution in [0.5, 0.6) is 0 Å². The van der Waals surface area contributed by atoms with Gasteiger partial charge in [0.15, 0.2) is 5.58 Å². The maximum absolute atomic E-state index is 7.31. The van der Waals surface area contributed by atoms with Crippen LogP contribution in [0.3, 0.4) is 0 Å². The molecule has 1 aromatic heterocycles. The summed E-state index contributed by atoms with van der Waals surface area (Å²) in [6.07, 6.45) is 3.43. The van der Waals surface area contributed by atoms with Crippen molar-refractivity contribution in [2.45, 2.75) is 189 Å². The standard InChI is InChI=1S/C77H86BN3O/c1-46-37-66-69-67(38-46)81(63-43-58-56(39-47(63)2)74(12,13)35-36-75(58,14)15)65-44-59-57(76(16,17)45-77(59,18)19)42-61(65)78(69)60-34-32-53(79(51-28-23-48(24-29-51)71(3,4)5)52-30-25-49(26-31-52)72(6,7)8)41-64(60)80(66)62-22-20-21-55-54-33-27-50(73(9,10)11)40-68(54)82-70(55)62/h20-34,37-44H,35-36,45H2,1-19H3. The Bertz CT molecular complexity index is 4050. The monoisotopic (exact) mass is 1080 g/mol. The summed E-state index contributed by atoms with van der Waals surface area (Å²) >= 11 is 0. The van der Waals surface area contributed by atoms with Gasteiger partial charge in [-0.15, -0.1) is 0 Å². The zero-order valence-electron chi connectivity index (χ0n) is 52.7. The van der Waals surface area contributed by atoms with E-state index in [1.54, 1.807) is 0 Å². The van der Waals surface area contributed by atoms with Crippen LogP contribution in [0.2, 0.25) is 0 Å². The molecule has 0 unspecified atom stereocenters. The Hall–Kier alpha value is -6.98. The van der Waals surface area contributed by atoms with Crippen LogP contribution in [0.4, 0.5) is 51.2 Å². The number of para-hydroxylation sites is 1. The number of aryl methyl sites for hydroxylation is 2. The van der Waals surface area contributed by atoms with E-state index >= 15 is 0 Å². The van der Waals surface area contributed by atoms with Crippen molar-refractivity contribution in [1.29, 1.82) is 0 Å². The van der Waals surface area contributed by atoms with E-state index in [0.717, 1.165) is 63.2 Å². The number of rotatable bonds is 5. The first-order valence-corrected chi connectivity index (χ1v) is 30.5. The van der Waals surface area contributed by atoms with Gasteiger partial charge in [-0.2, -0.15) is 0 Å². The van der Waals surface area contributed by atoms with Crippen molar-refractivity contribution in [3.8, 4) is 0 Å². The van der Waals surface area contributed by atoms with Gasteiger partial charge in [0.25, 0.3) is 6.71 Å². The maximum Gasteiger partial charge on any atom is 0.252 e. The number of benzene rings is 8. The molecule has 2 aliphatic carbocycles. The zero-order valence-corrected chi connectivity index (χ0v) is 52.7. The van der Waals surface area contributed by atoms with Gasteiger partial charge in [-0.1, -0.05) is 184 Å². The lowest BCUT2D eigenvalue weighted by atomic mass is 9.33. The van der Waals surface area contributed by atoms with Crippen molar-refractivity contribution in [1.82, 2.24) is 0 Å². The molecule has 0 radical (unpaired) electrons. The van der Waals surface area contributed by atoms with E-state index in [4.69, 9.17) is 4.42 Å². The number of nitrogens with zero attached hydrogens (tertiary/aromatic N) is 3. The molecule has 3 heterocycles. The smallest absolute Gasteiger partial charge is 0.252 e. The lowest BCUT2D eigenvalue weighted by Gasteiger charge is -2.46. The molecule has 0 fully saturated rings. The van der Waals surface area contributed by atoms with E-state index in [-0.39, 0.29) is 44.6 Å². The summed E-state index contributed by atoms with van der Waals surface area (Å²) < 4.78 is 7.31. The van der Waals surface area contributed by atoms with Crippen molar-refractivity contribution >= 4 is 96.2 Å². The van der Waals surface area contributed by atoms with Crippen molar-refractivity contribution in [2.75, 3.05) is 14.7 Å². The van der Waals surface area contributed by atoms with Crippen molar-refractivity contribution < 1.29 is 4.42 Å². The molecule has 4 aliphatic rings. The van der Waals surface area contributed by atoms with Gasteiger partial charge < -0.3 is 19.1 Å². The lowest BCUT2D eigenvalue weighted by molar-refractivity contribution is 0.332. The molecule has 0 spiro atoms. The number of hydrogen-bond acceptors (Lipinski definition) is 4. The summed E-state index contributed by atoms with van der Waals surface area (Å²) in [6, 6.07) is 55.1. The van der Waals surface area contributed by atoms with Gasteiger partial charge >= 0.3 is 0 Å². The third-order valence-corrected chi connectivity index (χ3v) is 19.9. The fraction of sp³-hybridized carbons (Fsp3) is 0.377. The second-order valence-corrected chi connectivity index (χ2v) is 31.1. The van der Waals surface area contributed by atoms with E-state index < -0.39 is 0 Å². The highest BCUT2D eigenvalue weighted by atomic mass is 16.3. The van der Waals surface area contributed by atoms with Crippen LogP contribution in [-0.4, -0.2) is 6.71 Å². The first kappa shape index (κ1) is 54.3. The first-order chi connectivity index (χ1) is 38.3. The van der Waals surface area contributed by atoms with Crippen LogP contribution >= 0.6 is 0 Å². The van der Waals surface area contributed by atoms with E-state index in [0.29, 0.717) is 0 Å². The van der Waals surface area contributed by atoms with Gasteiger partial charge in [0.05, 0.1) is 5.69 Å². The van der Waals surface area contributed by atoms with Gasteiger partial charge in [0.1, 0.15) is 5.58 Å². The number of hydrogen-bond donors (Lipinski definition) is 0. The van der Waals surface area contributed by atoms with E-state index in [1.165, 1.54) is 95.6 Å². The maximum atomic E-state index is 7.31. The van der Waals surface area contributed by atoms with E-state index in [9.17, 15) is 0 Å². The molecule has 9 aromatic rings. The molecule has 0 saturated carbocycles. The van der Waals surface area contributed by atoms with Gasteiger partial charge in [0.2, 0.25) is 0 Å². The van der Waals surface area contributed by atoms with Crippen LogP contribution in [-0.2, 0) is 37.9 Å². The van der Waals surface area contributed by atoms with Gasteiger partial charge in [0, 0.05) is 56.3 Å². The molecule has 0 bridgehead atoms. The van der Waals surface area contributed by atoms with E-state index in [1.807, 2.05) is 0 Å². The molecular weight excluding hydrogens is 994 g/mol. The fourth-order valence-electron chi connectivity index (χ4n) is 15.3. The van der Waals surface area contributed by atoms with Crippen LogP contribution in [0.15, 0.2) is 144 Å². The summed E-state index contributed by atoms with van der Waals surface area (Å²) in [5, 5.41) is 2.26. The predicted octanol–water partition coefficient (Wildman–Crippen LogP) is 20.0. The van der Waals surface area contributed by atoms with Crippen molar-refractivity contribution in [3.63, 3.8) is 0 Å². The van der Waals surface area contributed by atoms with Crippen LogP contribution in [0.25, 0.3) is 21.9 Å². The highest BCUT2D eigenvalue weighted by Crippen LogP contribution is 2.56. The lowest BCUT2D eigenvalue weighted by Crippen LogP contribution is -2.61. The molecule has 0 atom stereocenters. The van der Waals surface area contributed by atoms with Crippen molar-refractivity contribution in [2.24, 2.45) is 0 Å². The molecule has 82 heavy (non-hydrogen) atoms. The molecule has 0 N–H and O–H groups in total. The van der Waals surface area contributed by atoms with Gasteiger partial charge in [-0.25, -0.2) is 0 Å². The second-order valence-electron chi connectivity index (χ2n) is 31.1. The third-order valence-electron chi connectivity index (χ3n) is 19.9. The van der Waals surface area contributed by atoms with Crippen LogP contribution in [0, 0.1) is 13.8 Å². The molecule has 418 valence electrons. The summed E-state index contributed by atoms with van der Waals surface area (Å²) in [6.45, 7) is 45.0. The summed E-state index contributed by atoms with van der Waals surface area (Å²) in [7, 11) is 0. The predicted molar refractivity (Wildman–Crippen MR) is 354 cm³/mol. The second kappa shape index (κ2) is 17.8. The van der Waals surface area contributed by atoms with Crippen LogP contribution < -0.4 is 31.1 Å². The Morgan fingerprint density at radius 2 is 0.915 bits per heavy atom. The summed E-state index contributed by atoms with van der Waals surface area (Å²) in [5.41, 5.74) is 28.8. The minimum Gasteiger partial charge on any atom is -0.454 e. The molecule has 5 heteroatoms. The normalized spacial score (nSPS) is 17.4. The SMILES string of the molecule is Cc1cc2c3c(c1)N(c1cccc4c1oc1cc(C(C)(C)C)ccc14)c1cc(N(c4ccc(C(C)(C)C)cc4)c4ccc(C(C)(C)C)cc4)ccc1B3c1cc3c(cc1N2c1cc2c(cc1C)C(C)(C)CCC2(C)C)C(C)(C)CC3(C)C. The number of furan rings is 1. The highest BCUT2D eigenvalue weighted by molar-refractivity contribution is 7.00. The third kappa shape index (κ3) is 8.43. The molecule has 2 aliphatic heterocycles. The minimum atomic E-state index is -0.0647. The molecule has 8 aromatic carbocycles. The Balaban J connectivity index is 1.13. The minimum absolute atomic E-state index is 0.00317. The van der Waals surface area contributed by atoms with E-state index in [2.05, 4.69) is 286 Å². The molecule has 0 amide bonds. The first-order valence-electron chi connectivity index (χ1n) is 30.5. The summed E-state index contributed by atoms with van der Waals surface area (Å²) in [4.78, 5) is 7.78. The van der Waals surface area contributed by atoms with Gasteiger partial charge in [-0.05, 0) is 210 Å². The largest absolute Gasteiger partial charge is 0.454 e. The topological polar surface area (TPSA) is 22.9 Å². The molecule has 0 saturated heterocycles. The molecule has 13 rings (SSSR count). The Kier molecular flexibility index (Phi) is 11.8. The molecular formula is C77H86BN3O. The Morgan fingerprint density at radius 3 is 1.49 bits per heavy atom. The Labute approximate surface area is 491 Å². The van der Waals surface area contributed by atoms with Gasteiger partial charge in [-0.3, -0.25) is 0 Å². The van der Waals surface area contributed by atoms with Crippen LogP contribution in [0.1, 0.15) is 187 Å². The van der Waals surface area contributed by atoms with Crippen molar-refractivity contribution in [3.05, 3.63) is 190 Å². The Morgan fingerprint density at radius 1 is 0.427 bits per heavy atom. The zero-order chi connectivity index (χ0) is 58.3. The molecule has 4 nitrogen and oxygen atoms in total. The fourth-order valence-corrected chi connectivity index (χ4v) is 15.3. The summed E-state index contributed by atoms with van der Waals surface area (Å²) in [5.74, 6) is 0. The average Bonchev–Trinajstić information content (AvgIpc) is 1.12. The number of fused-ring (bicyclic) bond motifs is 9. The number of anilines is 9. The average molecular weight is 1080 g/mol. The quantitative estimate of drug-likeness (QED) is 0.160.